The molecule has 0 atom stereocenters. The van der Waals surface area contributed by atoms with Crippen LogP contribution in [0.3, 0.4) is 0 Å². The first-order valence-electron chi connectivity index (χ1n) is 6.05. The number of nitrogens with zero attached hydrogens (tertiary/aromatic N) is 3. The quantitative estimate of drug-likeness (QED) is 0.405. The van der Waals surface area contributed by atoms with Gasteiger partial charge < -0.3 is 4.42 Å². The molecule has 5 heteroatoms. The monoisotopic (exact) mass is 266 g/mol. The fraction of sp³-hybridized carbons (Fsp3) is 0.0714. The van der Waals surface area contributed by atoms with Crippen molar-refractivity contribution in [3.63, 3.8) is 0 Å². The van der Waals surface area contributed by atoms with E-state index in [0.29, 0.717) is 0 Å². The van der Waals surface area contributed by atoms with Gasteiger partial charge in [-0.1, -0.05) is 11.3 Å². The van der Waals surface area contributed by atoms with Gasteiger partial charge >= 0.3 is 5.71 Å². The van der Waals surface area contributed by atoms with Gasteiger partial charge in [-0.2, -0.15) is 0 Å². The fourth-order valence-electron chi connectivity index (χ4n) is 2.69. The van der Waals surface area contributed by atoms with Gasteiger partial charge in [0.1, 0.15) is 5.52 Å². The molecule has 0 aromatic carbocycles. The number of fused-ring (bicyclic) bond motifs is 7. The maximum Gasteiger partial charge on any atom is 0.395 e. The Labute approximate surface area is 112 Å². The van der Waals surface area contributed by atoms with Crippen molar-refractivity contribution in [3.05, 3.63) is 42.4 Å². The minimum absolute atomic E-state index is 0.832. The summed E-state index contributed by atoms with van der Waals surface area (Å²) in [6.45, 7) is 0.832. The summed E-state index contributed by atoms with van der Waals surface area (Å²) in [5, 5.41) is 1.23. The van der Waals surface area contributed by atoms with Crippen molar-refractivity contribution in [3.8, 4) is 10.6 Å². The molecule has 0 saturated heterocycles. The van der Waals surface area contributed by atoms with Crippen molar-refractivity contribution in [2.24, 2.45) is 0 Å². The molecule has 0 amide bonds. The summed E-state index contributed by atoms with van der Waals surface area (Å²) in [4.78, 5) is 8.62. The molecule has 0 spiro atoms. The van der Waals surface area contributed by atoms with Crippen LogP contribution in [0.25, 0.3) is 32.1 Å². The van der Waals surface area contributed by atoms with Gasteiger partial charge in [0.05, 0.1) is 11.1 Å². The summed E-state index contributed by atoms with van der Waals surface area (Å²) in [6.07, 6.45) is 5.58. The zero-order valence-electron chi connectivity index (χ0n) is 9.83. The Morgan fingerprint density at radius 3 is 3.26 bits per heavy atom. The third-order valence-corrected chi connectivity index (χ3v) is 4.74. The molecule has 5 rings (SSSR count). The minimum atomic E-state index is 0.832. The lowest BCUT2D eigenvalue weighted by Crippen LogP contribution is -2.29. The Kier molecular flexibility index (Phi) is 1.62. The zero-order valence-corrected chi connectivity index (χ0v) is 10.6. The van der Waals surface area contributed by atoms with Crippen molar-refractivity contribution in [1.82, 2.24) is 9.97 Å². The van der Waals surface area contributed by atoms with E-state index in [0.717, 1.165) is 28.1 Å². The number of hydrogen-bond donors (Lipinski definition) is 0. The number of pyridine rings is 2. The molecule has 4 aromatic rings. The molecular weight excluding hydrogens is 258 g/mol. The van der Waals surface area contributed by atoms with Crippen LogP contribution < -0.4 is 4.57 Å². The summed E-state index contributed by atoms with van der Waals surface area (Å²) in [7, 11) is 0. The zero-order chi connectivity index (χ0) is 12.4. The lowest BCUT2D eigenvalue weighted by molar-refractivity contribution is -0.648. The lowest BCUT2D eigenvalue weighted by atomic mass is 10.2. The van der Waals surface area contributed by atoms with Crippen LogP contribution in [-0.4, -0.2) is 9.97 Å². The van der Waals surface area contributed by atoms with Crippen LogP contribution >= 0.6 is 11.3 Å². The highest BCUT2D eigenvalue weighted by molar-refractivity contribution is 7.22. The Hall–Kier alpha value is -2.27. The van der Waals surface area contributed by atoms with Crippen LogP contribution in [0.5, 0.6) is 0 Å². The normalized spacial score (nSPS) is 13.1. The van der Waals surface area contributed by atoms with Gasteiger partial charge in [-0.25, -0.2) is 0 Å². The molecule has 19 heavy (non-hydrogen) atoms. The van der Waals surface area contributed by atoms with Crippen LogP contribution in [-0.2, 0) is 6.54 Å². The van der Waals surface area contributed by atoms with Gasteiger partial charge in [0, 0.05) is 18.6 Å². The van der Waals surface area contributed by atoms with E-state index in [1.54, 1.807) is 11.3 Å². The van der Waals surface area contributed by atoms with E-state index in [4.69, 9.17) is 4.42 Å². The Morgan fingerprint density at radius 1 is 1.26 bits per heavy atom. The molecular formula is C14H8N3OS+. The topological polar surface area (TPSA) is 42.8 Å². The maximum atomic E-state index is 5.96. The number of furan rings is 1. The first-order valence-corrected chi connectivity index (χ1v) is 6.86. The third kappa shape index (κ3) is 1.11. The van der Waals surface area contributed by atoms with Gasteiger partial charge in [0.15, 0.2) is 16.8 Å². The molecule has 4 aromatic heterocycles. The fourth-order valence-corrected chi connectivity index (χ4v) is 3.93. The number of thiazole rings is 1. The molecule has 1 aliphatic rings. The van der Waals surface area contributed by atoms with Gasteiger partial charge in [0.2, 0.25) is 0 Å². The molecule has 0 unspecified atom stereocenters. The summed E-state index contributed by atoms with van der Waals surface area (Å²) < 4.78 is 9.31. The summed E-state index contributed by atoms with van der Waals surface area (Å²) >= 11 is 1.74. The molecule has 90 valence electrons. The van der Waals surface area contributed by atoms with Crippen LogP contribution in [0.2, 0.25) is 0 Å². The van der Waals surface area contributed by atoms with E-state index in [1.807, 2.05) is 30.7 Å². The van der Waals surface area contributed by atoms with E-state index < -0.39 is 0 Å². The Morgan fingerprint density at radius 2 is 2.26 bits per heavy atom. The molecule has 4 nitrogen and oxygen atoms in total. The van der Waals surface area contributed by atoms with Gasteiger partial charge in [0.25, 0.3) is 5.01 Å². The molecule has 0 saturated carbocycles. The van der Waals surface area contributed by atoms with Crippen molar-refractivity contribution in [2.45, 2.75) is 6.54 Å². The SMILES string of the molecule is c1cnc2c(c1)oc1c2sc2[n+]1Cc1cnccc1-2. The van der Waals surface area contributed by atoms with Crippen molar-refractivity contribution in [1.29, 1.82) is 0 Å². The predicted molar refractivity (Wildman–Crippen MR) is 71.9 cm³/mol. The van der Waals surface area contributed by atoms with Gasteiger partial charge in [-0.15, -0.1) is 4.57 Å². The predicted octanol–water partition coefficient (Wildman–Crippen LogP) is 2.75. The highest BCUT2D eigenvalue weighted by Gasteiger charge is 2.35. The van der Waals surface area contributed by atoms with E-state index >= 15 is 0 Å². The van der Waals surface area contributed by atoms with E-state index in [2.05, 4.69) is 20.6 Å². The number of rotatable bonds is 0. The van der Waals surface area contributed by atoms with E-state index in [-0.39, 0.29) is 0 Å². The Bertz CT molecular complexity index is 954. The molecule has 1 aliphatic heterocycles. The molecule has 0 N–H and O–H groups in total. The highest BCUT2D eigenvalue weighted by Crippen LogP contribution is 2.38. The second kappa shape index (κ2) is 3.19. The minimum Gasteiger partial charge on any atom is -0.402 e. The number of hydrogen-bond acceptors (Lipinski definition) is 4. The van der Waals surface area contributed by atoms with Gasteiger partial charge in [-0.05, 0) is 18.2 Å². The summed E-state index contributed by atoms with van der Waals surface area (Å²) in [5.41, 5.74) is 5.25. The average Bonchev–Trinajstić information content (AvgIpc) is 3.07. The van der Waals surface area contributed by atoms with E-state index in [9.17, 15) is 0 Å². The second-order valence-corrected chi connectivity index (χ2v) is 5.61. The first kappa shape index (κ1) is 9.63. The molecule has 0 fully saturated rings. The van der Waals surface area contributed by atoms with Crippen LogP contribution in [0.15, 0.2) is 41.2 Å². The van der Waals surface area contributed by atoms with Crippen molar-refractivity contribution < 1.29 is 8.98 Å². The smallest absolute Gasteiger partial charge is 0.395 e. The second-order valence-electron chi connectivity index (χ2n) is 4.61. The van der Waals surface area contributed by atoms with Crippen molar-refractivity contribution >= 4 is 32.8 Å². The molecule has 0 aliphatic carbocycles. The van der Waals surface area contributed by atoms with Crippen LogP contribution in [0.1, 0.15) is 5.56 Å². The summed E-state index contributed by atoms with van der Waals surface area (Å²) in [5.74, 6) is 0. The Balaban J connectivity index is 1.93. The third-order valence-electron chi connectivity index (χ3n) is 3.54. The number of aromatic nitrogens is 3. The summed E-state index contributed by atoms with van der Waals surface area (Å²) in [6, 6.07) is 5.93. The molecule has 0 radical (unpaired) electrons. The standard InChI is InChI=1S/C14H8N3OS/c1-2-10-11(16-4-1)12-13(18-10)17-7-8-6-15-5-3-9(8)14(17)19-12/h1-6H,7H2/q+1. The first-order chi connectivity index (χ1) is 9.42. The van der Waals surface area contributed by atoms with Crippen molar-refractivity contribution in [2.75, 3.05) is 0 Å². The average molecular weight is 266 g/mol. The molecule has 5 heterocycles. The maximum absolute atomic E-state index is 5.96. The lowest BCUT2D eigenvalue weighted by Gasteiger charge is -1.88. The highest BCUT2D eigenvalue weighted by atomic mass is 32.1. The van der Waals surface area contributed by atoms with Gasteiger partial charge in [-0.3, -0.25) is 9.97 Å². The molecule has 0 bridgehead atoms. The van der Waals surface area contributed by atoms with Crippen LogP contribution in [0.4, 0.5) is 0 Å². The van der Waals surface area contributed by atoms with Crippen LogP contribution in [0, 0.1) is 0 Å². The largest absolute Gasteiger partial charge is 0.402 e. The van der Waals surface area contributed by atoms with E-state index in [1.165, 1.54) is 16.1 Å².